The second kappa shape index (κ2) is 6.53. The average molecular weight is 308 g/mol. The van der Waals surface area contributed by atoms with Crippen LogP contribution in [-0.2, 0) is 0 Å². The Bertz CT molecular complexity index is 642. The van der Waals surface area contributed by atoms with E-state index >= 15 is 0 Å². The number of nitrogens with one attached hydrogen (secondary N) is 2. The number of benzene rings is 1. The molecule has 1 aromatic heterocycles. The zero-order chi connectivity index (χ0) is 15.4. The Hall–Kier alpha value is -2.15. The maximum absolute atomic E-state index is 13.1. The van der Waals surface area contributed by atoms with Crippen molar-refractivity contribution in [3.8, 4) is 0 Å². The molecule has 0 bridgehead atoms. The highest BCUT2D eigenvalue weighted by atomic mass is 32.1. The summed E-state index contributed by atoms with van der Waals surface area (Å²) in [4.78, 5) is 16.6. The van der Waals surface area contributed by atoms with Gasteiger partial charge in [-0.1, -0.05) is 31.3 Å². The zero-order valence-corrected chi connectivity index (χ0v) is 12.6. The maximum atomic E-state index is 13.1. The third-order valence-corrected chi connectivity index (χ3v) is 3.63. The molecule has 0 saturated carbocycles. The molecule has 0 aliphatic carbocycles. The fraction of sp³-hybridized carbons (Fsp3) is 0.286. The number of hydrogen-bond donors (Lipinski definition) is 3. The van der Waals surface area contributed by atoms with Crippen LogP contribution >= 0.6 is 11.3 Å². The summed E-state index contributed by atoms with van der Waals surface area (Å²) < 4.78 is 13.1. The molecule has 7 heteroatoms. The van der Waals surface area contributed by atoms with Gasteiger partial charge in [-0.2, -0.15) is 0 Å². The van der Waals surface area contributed by atoms with Crippen LogP contribution in [0, 0.1) is 11.7 Å². The molecule has 21 heavy (non-hydrogen) atoms. The molecule has 5 nitrogen and oxygen atoms in total. The molecule has 2 aromatic rings. The summed E-state index contributed by atoms with van der Waals surface area (Å²) in [7, 11) is 0. The van der Waals surface area contributed by atoms with E-state index in [4.69, 9.17) is 5.73 Å². The van der Waals surface area contributed by atoms with Crippen LogP contribution in [0.2, 0.25) is 0 Å². The number of hydrogen-bond acceptors (Lipinski definition) is 5. The van der Waals surface area contributed by atoms with Crippen molar-refractivity contribution in [1.82, 2.24) is 4.98 Å². The lowest BCUT2D eigenvalue weighted by Gasteiger charge is -2.04. The Balaban J connectivity index is 2.08. The third-order valence-electron chi connectivity index (χ3n) is 2.60. The number of aromatic nitrogens is 1. The first-order valence-electron chi connectivity index (χ1n) is 6.53. The largest absolute Gasteiger partial charge is 0.382 e. The van der Waals surface area contributed by atoms with Crippen LogP contribution in [0.5, 0.6) is 0 Å². The lowest BCUT2D eigenvalue weighted by atomic mass is 10.2. The van der Waals surface area contributed by atoms with Crippen LogP contribution in [0.15, 0.2) is 24.3 Å². The number of halogens is 1. The first-order chi connectivity index (χ1) is 9.95. The first kappa shape index (κ1) is 15.2. The number of nitrogens with zero attached hydrogens (tertiary/aromatic N) is 1. The van der Waals surface area contributed by atoms with Crippen molar-refractivity contribution < 1.29 is 9.18 Å². The number of carbonyl (C=O) groups excluding carboxylic acids is 1. The minimum atomic E-state index is -0.413. The lowest BCUT2D eigenvalue weighted by Crippen LogP contribution is -2.12. The first-order valence-corrected chi connectivity index (χ1v) is 7.34. The Morgan fingerprint density at radius 3 is 2.90 bits per heavy atom. The van der Waals surface area contributed by atoms with Crippen molar-refractivity contribution in [3.63, 3.8) is 0 Å². The summed E-state index contributed by atoms with van der Waals surface area (Å²) in [6.45, 7) is 4.89. The molecule has 0 unspecified atom stereocenters. The summed E-state index contributed by atoms with van der Waals surface area (Å²) in [5.74, 6) is -0.183. The van der Waals surface area contributed by atoms with E-state index in [1.54, 1.807) is 6.07 Å². The monoisotopic (exact) mass is 308 g/mol. The Labute approximate surface area is 126 Å². The number of amides is 1. The Kier molecular flexibility index (Phi) is 4.74. The molecule has 2 rings (SSSR count). The van der Waals surface area contributed by atoms with Gasteiger partial charge in [-0.3, -0.25) is 4.79 Å². The smallest absolute Gasteiger partial charge is 0.269 e. The topological polar surface area (TPSA) is 80.0 Å². The molecule has 0 aliphatic rings. The molecule has 0 aliphatic heterocycles. The molecule has 112 valence electrons. The molecule has 0 spiro atoms. The van der Waals surface area contributed by atoms with Gasteiger partial charge in [0.2, 0.25) is 0 Å². The van der Waals surface area contributed by atoms with Crippen molar-refractivity contribution in [2.45, 2.75) is 13.8 Å². The molecule has 0 saturated heterocycles. The van der Waals surface area contributed by atoms with Crippen molar-refractivity contribution in [2.24, 2.45) is 5.92 Å². The molecular weight excluding hydrogens is 291 g/mol. The number of anilines is 3. The Morgan fingerprint density at radius 2 is 2.24 bits per heavy atom. The highest BCUT2D eigenvalue weighted by molar-refractivity contribution is 7.18. The van der Waals surface area contributed by atoms with E-state index in [1.165, 1.54) is 29.5 Å². The second-order valence-electron chi connectivity index (χ2n) is 4.97. The van der Waals surface area contributed by atoms with Gasteiger partial charge in [0.1, 0.15) is 16.5 Å². The number of nitrogens with two attached hydrogens (primary N) is 1. The number of carbonyl (C=O) groups is 1. The average Bonchev–Trinajstić information content (AvgIpc) is 2.78. The highest BCUT2D eigenvalue weighted by Crippen LogP contribution is 2.26. The van der Waals surface area contributed by atoms with Crippen LogP contribution < -0.4 is 16.4 Å². The summed E-state index contributed by atoms with van der Waals surface area (Å²) in [6.07, 6.45) is 0. The fourth-order valence-electron chi connectivity index (χ4n) is 1.62. The van der Waals surface area contributed by atoms with E-state index in [0.29, 0.717) is 21.6 Å². The summed E-state index contributed by atoms with van der Waals surface area (Å²) in [5, 5.41) is 6.32. The van der Waals surface area contributed by atoms with Crippen molar-refractivity contribution in [3.05, 3.63) is 35.0 Å². The molecule has 0 fully saturated rings. The van der Waals surface area contributed by atoms with Gasteiger partial charge in [-0.15, -0.1) is 0 Å². The number of rotatable bonds is 5. The summed E-state index contributed by atoms with van der Waals surface area (Å²) in [5.41, 5.74) is 6.14. The molecule has 1 heterocycles. The van der Waals surface area contributed by atoms with Gasteiger partial charge in [0.05, 0.1) is 0 Å². The molecule has 1 aromatic carbocycles. The minimum absolute atomic E-state index is 0.167. The zero-order valence-electron chi connectivity index (χ0n) is 11.8. The summed E-state index contributed by atoms with van der Waals surface area (Å²) >= 11 is 1.18. The van der Waals surface area contributed by atoms with Gasteiger partial charge in [0, 0.05) is 12.2 Å². The number of nitrogen functional groups attached to an aromatic ring is 1. The Morgan fingerprint density at radius 1 is 1.48 bits per heavy atom. The van der Waals surface area contributed by atoms with Crippen molar-refractivity contribution in [2.75, 3.05) is 22.9 Å². The predicted molar refractivity (Wildman–Crippen MR) is 84.2 cm³/mol. The minimum Gasteiger partial charge on any atom is -0.382 e. The van der Waals surface area contributed by atoms with E-state index in [9.17, 15) is 9.18 Å². The molecule has 4 N–H and O–H groups in total. The van der Waals surface area contributed by atoms with E-state index in [-0.39, 0.29) is 5.82 Å². The molecule has 0 radical (unpaired) electrons. The lowest BCUT2D eigenvalue weighted by molar-refractivity contribution is 0.103. The van der Waals surface area contributed by atoms with Crippen LogP contribution in [0.3, 0.4) is 0 Å². The van der Waals surface area contributed by atoms with Gasteiger partial charge in [0.25, 0.3) is 5.91 Å². The normalized spacial score (nSPS) is 10.7. The second-order valence-corrected chi connectivity index (χ2v) is 5.97. The van der Waals surface area contributed by atoms with E-state index in [0.717, 1.165) is 6.54 Å². The van der Waals surface area contributed by atoms with Gasteiger partial charge < -0.3 is 16.4 Å². The quantitative estimate of drug-likeness (QED) is 0.792. The third kappa shape index (κ3) is 4.16. The summed E-state index contributed by atoms with van der Waals surface area (Å²) in [6, 6.07) is 5.68. The highest BCUT2D eigenvalue weighted by Gasteiger charge is 2.16. The number of thiazole rings is 1. The van der Waals surface area contributed by atoms with Crippen molar-refractivity contribution in [1.29, 1.82) is 0 Å². The fourth-order valence-corrected chi connectivity index (χ4v) is 2.40. The molecular formula is C14H17FN4OS. The van der Waals surface area contributed by atoms with Crippen LogP contribution in [0.25, 0.3) is 0 Å². The van der Waals surface area contributed by atoms with Crippen LogP contribution in [0.4, 0.5) is 21.0 Å². The SMILES string of the molecule is CC(C)CNc1nc(N)c(C(=O)Nc2cccc(F)c2)s1. The van der Waals surface area contributed by atoms with Gasteiger partial charge in [0.15, 0.2) is 5.13 Å². The maximum Gasteiger partial charge on any atom is 0.269 e. The van der Waals surface area contributed by atoms with Crippen LogP contribution in [-0.4, -0.2) is 17.4 Å². The molecule has 0 atom stereocenters. The van der Waals surface area contributed by atoms with E-state index in [2.05, 4.69) is 29.5 Å². The van der Waals surface area contributed by atoms with Gasteiger partial charge in [-0.05, 0) is 24.1 Å². The van der Waals surface area contributed by atoms with Crippen molar-refractivity contribution >= 4 is 33.9 Å². The van der Waals surface area contributed by atoms with Gasteiger partial charge in [-0.25, -0.2) is 9.37 Å². The van der Waals surface area contributed by atoms with E-state index in [1.807, 2.05) is 0 Å². The van der Waals surface area contributed by atoms with Crippen LogP contribution in [0.1, 0.15) is 23.5 Å². The molecule has 1 amide bonds. The van der Waals surface area contributed by atoms with Gasteiger partial charge >= 0.3 is 0 Å². The predicted octanol–water partition coefficient (Wildman–Crippen LogP) is 3.18. The standard InChI is InChI=1S/C14H17FN4OS/c1-8(2)7-17-14-19-12(16)11(21-14)13(20)18-10-5-3-4-9(15)6-10/h3-6,8H,7,16H2,1-2H3,(H,17,19)(H,18,20). The van der Waals surface area contributed by atoms with E-state index < -0.39 is 11.7 Å².